The molecular weight excluding hydrogens is 236 g/mol. The number of aryl methyl sites for hydroxylation is 2. The van der Waals surface area contributed by atoms with Crippen molar-refractivity contribution in [3.63, 3.8) is 0 Å². The van der Waals surface area contributed by atoms with Gasteiger partial charge in [0.15, 0.2) is 5.82 Å². The average molecular weight is 256 g/mol. The maximum absolute atomic E-state index is 6.21. The molecule has 4 nitrogen and oxygen atoms in total. The van der Waals surface area contributed by atoms with Crippen LogP contribution in [0.3, 0.4) is 0 Å². The highest BCUT2D eigenvalue weighted by molar-refractivity contribution is 5.18. The molecule has 1 aromatic heterocycles. The molecule has 0 saturated heterocycles. The lowest BCUT2D eigenvalue weighted by atomic mass is 10.0. The molecule has 1 atom stereocenters. The number of aromatic nitrogens is 3. The SMILES string of the molecule is Cn1nc(C2CC2)nc1CCC(N)c1ccccc1. The van der Waals surface area contributed by atoms with Gasteiger partial charge in [-0.2, -0.15) is 5.10 Å². The van der Waals surface area contributed by atoms with E-state index in [9.17, 15) is 0 Å². The van der Waals surface area contributed by atoms with E-state index >= 15 is 0 Å². The summed E-state index contributed by atoms with van der Waals surface area (Å²) < 4.78 is 1.91. The van der Waals surface area contributed by atoms with Crippen LogP contribution < -0.4 is 5.73 Å². The van der Waals surface area contributed by atoms with E-state index in [1.165, 1.54) is 18.4 Å². The second-order valence-electron chi connectivity index (χ2n) is 5.34. The fourth-order valence-electron chi connectivity index (χ4n) is 2.32. The third-order valence-electron chi connectivity index (χ3n) is 3.72. The Kier molecular flexibility index (Phi) is 3.34. The van der Waals surface area contributed by atoms with Gasteiger partial charge in [-0.05, 0) is 24.8 Å². The molecule has 1 aromatic carbocycles. The van der Waals surface area contributed by atoms with Crippen LogP contribution in [0.5, 0.6) is 0 Å². The predicted octanol–water partition coefficient (Wildman–Crippen LogP) is 2.33. The van der Waals surface area contributed by atoms with Crippen LogP contribution in [0.1, 0.15) is 48.4 Å². The first-order valence-corrected chi connectivity index (χ1v) is 6.94. The highest BCUT2D eigenvalue weighted by Gasteiger charge is 2.28. The molecule has 2 N–H and O–H groups in total. The molecule has 1 aliphatic rings. The third-order valence-corrected chi connectivity index (χ3v) is 3.72. The zero-order valence-electron chi connectivity index (χ0n) is 11.3. The zero-order chi connectivity index (χ0) is 13.2. The van der Waals surface area contributed by atoms with E-state index in [4.69, 9.17) is 5.73 Å². The highest BCUT2D eigenvalue weighted by Crippen LogP contribution is 2.38. The minimum absolute atomic E-state index is 0.0716. The highest BCUT2D eigenvalue weighted by atomic mass is 15.3. The second-order valence-corrected chi connectivity index (χ2v) is 5.34. The topological polar surface area (TPSA) is 56.7 Å². The summed E-state index contributed by atoms with van der Waals surface area (Å²) in [5.74, 6) is 2.68. The number of nitrogens with two attached hydrogens (primary N) is 1. The summed E-state index contributed by atoms with van der Waals surface area (Å²) in [6.45, 7) is 0. The molecule has 2 aromatic rings. The van der Waals surface area contributed by atoms with Crippen LogP contribution in [0, 0.1) is 0 Å². The van der Waals surface area contributed by atoms with Gasteiger partial charge in [-0.3, -0.25) is 4.68 Å². The van der Waals surface area contributed by atoms with Crippen LogP contribution in [-0.2, 0) is 13.5 Å². The van der Waals surface area contributed by atoms with Gasteiger partial charge >= 0.3 is 0 Å². The summed E-state index contributed by atoms with van der Waals surface area (Å²) in [6.07, 6.45) is 4.27. The van der Waals surface area contributed by atoms with Gasteiger partial charge in [0, 0.05) is 25.4 Å². The Morgan fingerprint density at radius 2 is 2.05 bits per heavy atom. The Balaban J connectivity index is 1.62. The fraction of sp³-hybridized carbons (Fsp3) is 0.467. The molecular formula is C15H20N4. The molecule has 0 radical (unpaired) electrons. The quantitative estimate of drug-likeness (QED) is 0.893. The maximum atomic E-state index is 6.21. The van der Waals surface area contributed by atoms with Gasteiger partial charge in [0.1, 0.15) is 5.82 Å². The van der Waals surface area contributed by atoms with Gasteiger partial charge in [-0.1, -0.05) is 30.3 Å². The van der Waals surface area contributed by atoms with Crippen LogP contribution in [-0.4, -0.2) is 14.8 Å². The molecule has 1 heterocycles. The Morgan fingerprint density at radius 3 is 2.74 bits per heavy atom. The zero-order valence-corrected chi connectivity index (χ0v) is 11.3. The fourth-order valence-corrected chi connectivity index (χ4v) is 2.32. The van der Waals surface area contributed by atoms with Crippen molar-refractivity contribution in [2.24, 2.45) is 12.8 Å². The number of nitrogens with zero attached hydrogens (tertiary/aromatic N) is 3. The summed E-state index contributed by atoms with van der Waals surface area (Å²) in [6, 6.07) is 10.3. The number of benzene rings is 1. The van der Waals surface area contributed by atoms with Crippen LogP contribution in [0.2, 0.25) is 0 Å². The van der Waals surface area contributed by atoms with Crippen molar-refractivity contribution >= 4 is 0 Å². The Hall–Kier alpha value is -1.68. The van der Waals surface area contributed by atoms with Crippen LogP contribution >= 0.6 is 0 Å². The first kappa shape index (κ1) is 12.4. The minimum Gasteiger partial charge on any atom is -0.324 e. The van der Waals surface area contributed by atoms with E-state index in [-0.39, 0.29) is 6.04 Å². The molecule has 4 heteroatoms. The van der Waals surface area contributed by atoms with Crippen molar-refractivity contribution in [2.75, 3.05) is 0 Å². The number of rotatable bonds is 5. The summed E-state index contributed by atoms with van der Waals surface area (Å²) in [4.78, 5) is 4.63. The molecule has 0 bridgehead atoms. The lowest BCUT2D eigenvalue weighted by Crippen LogP contribution is -2.12. The van der Waals surface area contributed by atoms with E-state index in [1.54, 1.807) is 0 Å². The van der Waals surface area contributed by atoms with E-state index in [1.807, 2.05) is 29.9 Å². The molecule has 0 amide bonds. The van der Waals surface area contributed by atoms with E-state index in [2.05, 4.69) is 22.2 Å². The normalized spacial score (nSPS) is 16.5. The maximum Gasteiger partial charge on any atom is 0.154 e. The van der Waals surface area contributed by atoms with Crippen molar-refractivity contribution < 1.29 is 0 Å². The van der Waals surface area contributed by atoms with Crippen molar-refractivity contribution in [3.05, 3.63) is 47.5 Å². The molecule has 0 aliphatic heterocycles. The van der Waals surface area contributed by atoms with Crippen molar-refractivity contribution in [2.45, 2.75) is 37.6 Å². The number of hydrogen-bond donors (Lipinski definition) is 1. The minimum atomic E-state index is 0.0716. The molecule has 0 spiro atoms. The van der Waals surface area contributed by atoms with Gasteiger partial charge in [0.2, 0.25) is 0 Å². The molecule has 19 heavy (non-hydrogen) atoms. The van der Waals surface area contributed by atoms with E-state index < -0.39 is 0 Å². The largest absolute Gasteiger partial charge is 0.324 e. The summed E-state index contributed by atoms with van der Waals surface area (Å²) in [5, 5.41) is 4.49. The molecule has 1 fully saturated rings. The van der Waals surface area contributed by atoms with Gasteiger partial charge in [-0.15, -0.1) is 0 Å². The molecule has 100 valence electrons. The standard InChI is InChI=1S/C15H20N4/c1-19-14(17-15(18-19)12-7-8-12)10-9-13(16)11-5-3-2-4-6-11/h2-6,12-13H,7-10,16H2,1H3. The molecule has 1 unspecified atom stereocenters. The van der Waals surface area contributed by atoms with Crippen molar-refractivity contribution in [1.82, 2.24) is 14.8 Å². The summed E-state index contributed by atoms with van der Waals surface area (Å²) in [5.41, 5.74) is 7.40. The van der Waals surface area contributed by atoms with Crippen molar-refractivity contribution in [1.29, 1.82) is 0 Å². The van der Waals surface area contributed by atoms with Gasteiger partial charge in [0.25, 0.3) is 0 Å². The van der Waals surface area contributed by atoms with Gasteiger partial charge in [0.05, 0.1) is 0 Å². The lowest BCUT2D eigenvalue weighted by Gasteiger charge is -2.11. The van der Waals surface area contributed by atoms with Gasteiger partial charge in [-0.25, -0.2) is 4.98 Å². The molecule has 3 rings (SSSR count). The van der Waals surface area contributed by atoms with Crippen molar-refractivity contribution in [3.8, 4) is 0 Å². The van der Waals surface area contributed by atoms with Gasteiger partial charge < -0.3 is 5.73 Å². The van der Waals surface area contributed by atoms with Crippen LogP contribution in [0.15, 0.2) is 30.3 Å². The summed E-state index contributed by atoms with van der Waals surface area (Å²) >= 11 is 0. The Morgan fingerprint density at radius 1 is 1.32 bits per heavy atom. The lowest BCUT2D eigenvalue weighted by molar-refractivity contribution is 0.604. The van der Waals surface area contributed by atoms with E-state index in [0.717, 1.165) is 24.5 Å². The van der Waals surface area contributed by atoms with E-state index in [0.29, 0.717) is 5.92 Å². The monoisotopic (exact) mass is 256 g/mol. The number of hydrogen-bond acceptors (Lipinski definition) is 3. The second kappa shape index (κ2) is 5.13. The molecule has 1 aliphatic carbocycles. The average Bonchev–Trinajstić information content (AvgIpc) is 3.22. The molecule has 1 saturated carbocycles. The Labute approximate surface area is 113 Å². The van der Waals surface area contributed by atoms with Crippen LogP contribution in [0.4, 0.5) is 0 Å². The first-order valence-electron chi connectivity index (χ1n) is 6.94. The summed E-state index contributed by atoms with van der Waals surface area (Å²) in [7, 11) is 1.97. The first-order chi connectivity index (χ1) is 9.24. The Bertz CT molecular complexity index is 543. The third kappa shape index (κ3) is 2.84. The predicted molar refractivity (Wildman–Crippen MR) is 74.7 cm³/mol. The smallest absolute Gasteiger partial charge is 0.154 e. The van der Waals surface area contributed by atoms with Crippen LogP contribution in [0.25, 0.3) is 0 Å².